The third-order valence-electron chi connectivity index (χ3n) is 4.43. The maximum atomic E-state index is 13.2. The molecule has 1 aromatic carbocycles. The summed E-state index contributed by atoms with van der Waals surface area (Å²) in [5.74, 6) is 0.0855. The van der Waals surface area contributed by atoms with E-state index < -0.39 is 23.9 Å². The number of hydrogen-bond acceptors (Lipinski definition) is 3. The number of alkyl halides is 3. The van der Waals surface area contributed by atoms with E-state index in [1.807, 2.05) is 0 Å². The first-order chi connectivity index (χ1) is 10.3. The molecule has 0 spiro atoms. The third-order valence-corrected chi connectivity index (χ3v) is 4.43. The lowest BCUT2D eigenvalue weighted by molar-refractivity contribution is -0.138. The average Bonchev–Trinajstić information content (AvgIpc) is 2.53. The number of ether oxygens (including phenoxy) is 1. The SMILES string of the molecule is COc1ccc([C@H](N)[C@H](O)C2CCCCC2)c(C(F)(F)F)c1. The predicted octanol–water partition coefficient (Wildman–Crippen LogP) is 3.66. The van der Waals surface area contributed by atoms with Crippen molar-refractivity contribution in [1.82, 2.24) is 0 Å². The number of nitrogens with two attached hydrogens (primary N) is 1. The van der Waals surface area contributed by atoms with Crippen molar-refractivity contribution in [2.45, 2.75) is 50.4 Å². The van der Waals surface area contributed by atoms with Crippen molar-refractivity contribution in [3.05, 3.63) is 29.3 Å². The topological polar surface area (TPSA) is 55.5 Å². The van der Waals surface area contributed by atoms with Gasteiger partial charge in [0.25, 0.3) is 0 Å². The summed E-state index contributed by atoms with van der Waals surface area (Å²) < 4.78 is 44.6. The maximum absolute atomic E-state index is 13.2. The third kappa shape index (κ3) is 3.73. The Balaban J connectivity index is 2.29. The molecule has 0 unspecified atom stereocenters. The van der Waals surface area contributed by atoms with Gasteiger partial charge >= 0.3 is 6.18 Å². The second kappa shape index (κ2) is 6.87. The van der Waals surface area contributed by atoms with Crippen molar-refractivity contribution < 1.29 is 23.0 Å². The van der Waals surface area contributed by atoms with E-state index in [1.165, 1.54) is 19.2 Å². The quantitative estimate of drug-likeness (QED) is 0.891. The molecule has 0 bridgehead atoms. The molecular weight excluding hydrogens is 295 g/mol. The minimum Gasteiger partial charge on any atom is -0.497 e. The molecule has 1 aliphatic carbocycles. The van der Waals surface area contributed by atoms with Crippen LogP contribution in [0.4, 0.5) is 13.2 Å². The van der Waals surface area contributed by atoms with Crippen LogP contribution in [0.15, 0.2) is 18.2 Å². The number of rotatable bonds is 4. The standard InChI is InChI=1S/C16H22F3NO2/c1-22-11-7-8-12(13(9-11)16(17,18)19)14(20)15(21)10-5-3-2-4-6-10/h7-10,14-15,21H,2-6,20H2,1H3/t14-,15+/m0/s1. The second-order valence-electron chi connectivity index (χ2n) is 5.87. The molecule has 22 heavy (non-hydrogen) atoms. The molecule has 1 saturated carbocycles. The van der Waals surface area contributed by atoms with Crippen molar-refractivity contribution in [1.29, 1.82) is 0 Å². The Morgan fingerprint density at radius 1 is 1.23 bits per heavy atom. The Hall–Kier alpha value is -1.27. The number of hydrogen-bond donors (Lipinski definition) is 2. The number of aliphatic hydroxyl groups is 1. The minimum atomic E-state index is -4.53. The Bertz CT molecular complexity index is 499. The number of benzene rings is 1. The van der Waals surface area contributed by atoms with Crippen LogP contribution in [-0.4, -0.2) is 18.3 Å². The highest BCUT2D eigenvalue weighted by Gasteiger charge is 2.38. The first kappa shape index (κ1) is 17.1. The van der Waals surface area contributed by atoms with Crippen LogP contribution < -0.4 is 10.5 Å². The Kier molecular flexibility index (Phi) is 5.34. The van der Waals surface area contributed by atoms with Gasteiger partial charge in [-0.05, 0) is 36.5 Å². The molecule has 0 aliphatic heterocycles. The lowest BCUT2D eigenvalue weighted by atomic mass is 9.80. The molecule has 3 nitrogen and oxygen atoms in total. The van der Waals surface area contributed by atoms with Gasteiger partial charge in [-0.2, -0.15) is 13.2 Å². The molecule has 0 saturated heterocycles. The van der Waals surface area contributed by atoms with Gasteiger partial charge in [-0.25, -0.2) is 0 Å². The fourth-order valence-electron chi connectivity index (χ4n) is 3.15. The Morgan fingerprint density at radius 2 is 1.86 bits per heavy atom. The van der Waals surface area contributed by atoms with Gasteiger partial charge in [-0.3, -0.25) is 0 Å². The van der Waals surface area contributed by atoms with Crippen molar-refractivity contribution in [3.8, 4) is 5.75 Å². The van der Waals surface area contributed by atoms with Gasteiger partial charge in [0, 0.05) is 0 Å². The van der Waals surface area contributed by atoms with Crippen molar-refractivity contribution in [2.75, 3.05) is 7.11 Å². The zero-order chi connectivity index (χ0) is 16.3. The smallest absolute Gasteiger partial charge is 0.416 e. The molecule has 1 fully saturated rings. The van der Waals surface area contributed by atoms with Gasteiger partial charge in [0.05, 0.1) is 24.8 Å². The largest absolute Gasteiger partial charge is 0.497 e. The van der Waals surface area contributed by atoms with E-state index in [1.54, 1.807) is 0 Å². The molecule has 0 radical (unpaired) electrons. The van der Waals surface area contributed by atoms with Crippen LogP contribution in [0.25, 0.3) is 0 Å². The summed E-state index contributed by atoms with van der Waals surface area (Å²) in [6.07, 6.45) is -0.789. The van der Waals surface area contributed by atoms with Crippen molar-refractivity contribution in [2.24, 2.45) is 11.7 Å². The molecule has 0 amide bonds. The Morgan fingerprint density at radius 3 is 2.41 bits per heavy atom. The zero-order valence-electron chi connectivity index (χ0n) is 12.6. The van der Waals surface area contributed by atoms with Crippen LogP contribution in [0.3, 0.4) is 0 Å². The molecule has 1 aliphatic rings. The van der Waals surface area contributed by atoms with Gasteiger partial charge in [0.15, 0.2) is 0 Å². The summed E-state index contributed by atoms with van der Waals surface area (Å²) in [4.78, 5) is 0. The maximum Gasteiger partial charge on any atom is 0.416 e. The fourth-order valence-corrected chi connectivity index (χ4v) is 3.15. The summed E-state index contributed by atoms with van der Waals surface area (Å²) in [6.45, 7) is 0. The van der Waals surface area contributed by atoms with E-state index in [9.17, 15) is 18.3 Å². The summed E-state index contributed by atoms with van der Waals surface area (Å²) in [5.41, 5.74) is 5.05. The summed E-state index contributed by atoms with van der Waals surface area (Å²) in [6, 6.07) is 2.63. The molecule has 124 valence electrons. The van der Waals surface area contributed by atoms with Crippen LogP contribution in [-0.2, 0) is 6.18 Å². The minimum absolute atomic E-state index is 0.0352. The number of methoxy groups -OCH3 is 1. The summed E-state index contributed by atoms with van der Waals surface area (Å²) in [5, 5.41) is 10.4. The molecule has 2 rings (SSSR count). The molecule has 0 heterocycles. The lowest BCUT2D eigenvalue weighted by Gasteiger charge is -2.31. The lowest BCUT2D eigenvalue weighted by Crippen LogP contribution is -2.35. The fraction of sp³-hybridized carbons (Fsp3) is 0.625. The van der Waals surface area contributed by atoms with E-state index in [0.29, 0.717) is 0 Å². The zero-order valence-corrected chi connectivity index (χ0v) is 12.6. The van der Waals surface area contributed by atoms with Gasteiger partial charge in [0.2, 0.25) is 0 Å². The van der Waals surface area contributed by atoms with E-state index in [0.717, 1.165) is 38.2 Å². The normalized spacial score (nSPS) is 19.7. The predicted molar refractivity (Wildman–Crippen MR) is 77.5 cm³/mol. The second-order valence-corrected chi connectivity index (χ2v) is 5.87. The van der Waals surface area contributed by atoms with E-state index in [-0.39, 0.29) is 17.2 Å². The van der Waals surface area contributed by atoms with Crippen molar-refractivity contribution in [3.63, 3.8) is 0 Å². The van der Waals surface area contributed by atoms with Crippen LogP contribution in [0, 0.1) is 5.92 Å². The van der Waals surface area contributed by atoms with Crippen LogP contribution in [0.5, 0.6) is 5.75 Å². The van der Waals surface area contributed by atoms with Crippen molar-refractivity contribution >= 4 is 0 Å². The molecule has 1 aromatic rings. The highest BCUT2D eigenvalue weighted by atomic mass is 19.4. The molecule has 0 aromatic heterocycles. The molecule has 6 heteroatoms. The summed E-state index contributed by atoms with van der Waals surface area (Å²) in [7, 11) is 1.31. The number of aliphatic hydroxyl groups excluding tert-OH is 1. The van der Waals surface area contributed by atoms with Crippen LogP contribution in [0.2, 0.25) is 0 Å². The van der Waals surface area contributed by atoms with Gasteiger partial charge in [-0.1, -0.05) is 25.3 Å². The average molecular weight is 317 g/mol. The summed E-state index contributed by atoms with van der Waals surface area (Å²) >= 11 is 0. The van der Waals surface area contributed by atoms with Gasteiger partial charge in [-0.15, -0.1) is 0 Å². The van der Waals surface area contributed by atoms with Crippen LogP contribution >= 0.6 is 0 Å². The molecule has 3 N–H and O–H groups in total. The van der Waals surface area contributed by atoms with Gasteiger partial charge < -0.3 is 15.6 Å². The van der Waals surface area contributed by atoms with E-state index >= 15 is 0 Å². The molecular formula is C16H22F3NO2. The van der Waals surface area contributed by atoms with E-state index in [2.05, 4.69) is 0 Å². The van der Waals surface area contributed by atoms with E-state index in [4.69, 9.17) is 10.5 Å². The van der Waals surface area contributed by atoms with Gasteiger partial charge in [0.1, 0.15) is 5.75 Å². The van der Waals surface area contributed by atoms with Crippen LogP contribution in [0.1, 0.15) is 49.3 Å². The Labute approximate surface area is 128 Å². The highest BCUT2D eigenvalue weighted by Crippen LogP contribution is 2.39. The first-order valence-electron chi connectivity index (χ1n) is 7.53. The molecule has 2 atom stereocenters. The number of halogens is 3. The highest BCUT2D eigenvalue weighted by molar-refractivity contribution is 5.39. The first-order valence-corrected chi connectivity index (χ1v) is 7.53. The monoisotopic (exact) mass is 317 g/mol.